The molecule has 0 heterocycles. The van der Waals surface area contributed by atoms with E-state index < -0.39 is 15.6 Å². The summed E-state index contributed by atoms with van der Waals surface area (Å²) in [4.78, 5) is 0. The van der Waals surface area contributed by atoms with E-state index in [0.29, 0.717) is 5.25 Å². The molecule has 0 amide bonds. The minimum absolute atomic E-state index is 0.173. The SMILES string of the molecule is C[S+](C)C(c1ccccc1)c1ccc(F)cc1.O=S(=O)([O-])C(F)(F)F. The van der Waals surface area contributed by atoms with Gasteiger partial charge in [0.25, 0.3) is 0 Å². The quantitative estimate of drug-likeness (QED) is 0.343. The topological polar surface area (TPSA) is 57.2 Å². The van der Waals surface area contributed by atoms with Crippen LogP contribution in [-0.4, -0.2) is 31.0 Å². The van der Waals surface area contributed by atoms with E-state index in [9.17, 15) is 17.6 Å². The van der Waals surface area contributed by atoms with Gasteiger partial charge in [0.05, 0.1) is 12.5 Å². The fourth-order valence-corrected chi connectivity index (χ4v) is 3.41. The molecule has 0 aliphatic carbocycles. The number of halogens is 4. The third kappa shape index (κ3) is 6.68. The van der Waals surface area contributed by atoms with Crippen molar-refractivity contribution in [2.45, 2.75) is 10.8 Å². The summed E-state index contributed by atoms with van der Waals surface area (Å²) in [7, 11) is -5.87. The molecule has 0 aromatic heterocycles. The van der Waals surface area contributed by atoms with Crippen LogP contribution in [0.15, 0.2) is 54.6 Å². The van der Waals surface area contributed by atoms with E-state index in [1.54, 1.807) is 0 Å². The number of rotatable bonds is 3. The Bertz CT molecular complexity index is 758. The van der Waals surface area contributed by atoms with Crippen LogP contribution >= 0.6 is 0 Å². The third-order valence-electron chi connectivity index (χ3n) is 3.03. The highest BCUT2D eigenvalue weighted by molar-refractivity contribution is 7.95. The van der Waals surface area contributed by atoms with Crippen molar-refractivity contribution in [2.75, 3.05) is 12.5 Å². The summed E-state index contributed by atoms with van der Waals surface area (Å²) in [6.07, 6.45) is 4.45. The van der Waals surface area contributed by atoms with Gasteiger partial charge in [0.15, 0.2) is 15.4 Å². The number of alkyl halides is 3. The molecule has 0 radical (unpaired) electrons. The molecule has 0 aliphatic heterocycles. The van der Waals surface area contributed by atoms with Crippen LogP contribution in [0.3, 0.4) is 0 Å². The maximum atomic E-state index is 13.0. The van der Waals surface area contributed by atoms with Gasteiger partial charge >= 0.3 is 5.51 Å². The van der Waals surface area contributed by atoms with E-state index in [-0.39, 0.29) is 16.7 Å². The third-order valence-corrected chi connectivity index (χ3v) is 5.08. The first-order valence-electron chi connectivity index (χ1n) is 6.82. The molecule has 2 aromatic carbocycles. The van der Waals surface area contributed by atoms with Crippen LogP contribution < -0.4 is 0 Å². The van der Waals surface area contributed by atoms with E-state index >= 15 is 0 Å². The maximum absolute atomic E-state index is 13.0. The molecule has 2 rings (SSSR count). The van der Waals surface area contributed by atoms with E-state index in [0.717, 1.165) is 0 Å². The van der Waals surface area contributed by atoms with Gasteiger partial charge in [-0.2, -0.15) is 13.2 Å². The van der Waals surface area contributed by atoms with Crippen molar-refractivity contribution in [1.29, 1.82) is 0 Å². The summed E-state index contributed by atoms with van der Waals surface area (Å²) in [6.45, 7) is 0. The summed E-state index contributed by atoms with van der Waals surface area (Å²) < 4.78 is 71.9. The second-order valence-electron chi connectivity index (χ2n) is 5.12. The Morgan fingerprint density at radius 3 is 1.68 bits per heavy atom. The van der Waals surface area contributed by atoms with E-state index in [1.165, 1.54) is 23.3 Å². The molecule has 138 valence electrons. The Morgan fingerprint density at radius 1 is 0.920 bits per heavy atom. The van der Waals surface area contributed by atoms with Gasteiger partial charge in [0.1, 0.15) is 5.82 Å². The van der Waals surface area contributed by atoms with Gasteiger partial charge in [0.2, 0.25) is 0 Å². The molecular weight excluding hydrogens is 380 g/mol. The lowest BCUT2D eigenvalue weighted by Crippen LogP contribution is -2.21. The second-order valence-corrected chi connectivity index (χ2v) is 8.72. The van der Waals surface area contributed by atoms with Gasteiger partial charge in [-0.05, 0) is 23.0 Å². The van der Waals surface area contributed by atoms with E-state index in [2.05, 4.69) is 36.8 Å². The van der Waals surface area contributed by atoms with Crippen molar-refractivity contribution in [3.05, 3.63) is 71.5 Å². The molecule has 25 heavy (non-hydrogen) atoms. The Kier molecular flexibility index (Phi) is 7.45. The van der Waals surface area contributed by atoms with Crippen LogP contribution in [-0.2, 0) is 21.0 Å². The van der Waals surface area contributed by atoms with Crippen molar-refractivity contribution in [3.63, 3.8) is 0 Å². The standard InChI is InChI=1S/C15H16FS.CHF3O3S/c1-17(2)15(12-6-4-3-5-7-12)13-8-10-14(16)11-9-13;2-1(3,4)8(5,6)7/h3-11,15H,1-2H3;(H,5,6,7)/q+1;/p-1. The molecule has 0 spiro atoms. The monoisotopic (exact) mass is 396 g/mol. The molecule has 1 unspecified atom stereocenters. The molecule has 0 N–H and O–H groups in total. The van der Waals surface area contributed by atoms with Gasteiger partial charge in [-0.1, -0.05) is 42.5 Å². The van der Waals surface area contributed by atoms with Gasteiger partial charge in [0, 0.05) is 11.1 Å². The van der Waals surface area contributed by atoms with Gasteiger partial charge < -0.3 is 4.55 Å². The Hall–Kier alpha value is -1.58. The first kappa shape index (κ1) is 21.5. The van der Waals surface area contributed by atoms with Crippen molar-refractivity contribution in [2.24, 2.45) is 0 Å². The zero-order valence-corrected chi connectivity index (χ0v) is 15.0. The Morgan fingerprint density at radius 2 is 1.32 bits per heavy atom. The van der Waals surface area contributed by atoms with Crippen LogP contribution in [0, 0.1) is 5.82 Å². The summed E-state index contributed by atoms with van der Waals surface area (Å²) in [5.74, 6) is -0.173. The highest BCUT2D eigenvalue weighted by atomic mass is 32.2. The molecule has 0 saturated carbocycles. The predicted molar refractivity (Wildman–Crippen MR) is 89.7 cm³/mol. The zero-order chi connectivity index (χ0) is 19.3. The largest absolute Gasteiger partial charge is 0.741 e. The summed E-state index contributed by atoms with van der Waals surface area (Å²) >= 11 is 0. The normalized spacial score (nSPS) is 13.1. The van der Waals surface area contributed by atoms with Crippen molar-refractivity contribution in [1.82, 2.24) is 0 Å². The summed E-state index contributed by atoms with van der Waals surface area (Å²) in [5, 5.41) is 0.358. The first-order chi connectivity index (χ1) is 11.4. The smallest absolute Gasteiger partial charge is 0.485 e. The van der Waals surface area contributed by atoms with Crippen LogP contribution in [0.4, 0.5) is 17.6 Å². The summed E-state index contributed by atoms with van der Waals surface area (Å²) in [5.41, 5.74) is -3.16. The van der Waals surface area contributed by atoms with Crippen molar-refractivity contribution in [3.8, 4) is 0 Å². The van der Waals surface area contributed by atoms with Crippen LogP contribution in [0.2, 0.25) is 0 Å². The van der Waals surface area contributed by atoms with Crippen LogP contribution in [0.1, 0.15) is 16.4 Å². The number of benzene rings is 2. The Balaban J connectivity index is 0.000000333. The van der Waals surface area contributed by atoms with E-state index in [1.807, 2.05) is 18.2 Å². The molecule has 2 aromatic rings. The lowest BCUT2D eigenvalue weighted by Gasteiger charge is -2.14. The van der Waals surface area contributed by atoms with Crippen molar-refractivity contribution >= 4 is 21.0 Å². The van der Waals surface area contributed by atoms with Crippen LogP contribution in [0.25, 0.3) is 0 Å². The van der Waals surface area contributed by atoms with Gasteiger partial charge in [-0.15, -0.1) is 0 Å². The lowest BCUT2D eigenvalue weighted by molar-refractivity contribution is -0.0517. The molecule has 0 saturated heterocycles. The van der Waals surface area contributed by atoms with E-state index in [4.69, 9.17) is 13.0 Å². The van der Waals surface area contributed by atoms with Crippen LogP contribution in [0.5, 0.6) is 0 Å². The lowest BCUT2D eigenvalue weighted by atomic mass is 10.0. The van der Waals surface area contributed by atoms with Gasteiger partial charge in [-0.3, -0.25) is 0 Å². The highest BCUT2D eigenvalue weighted by Crippen LogP contribution is 2.29. The molecule has 0 bridgehead atoms. The minimum Gasteiger partial charge on any atom is -0.741 e. The number of hydrogen-bond acceptors (Lipinski definition) is 3. The average Bonchev–Trinajstić information content (AvgIpc) is 2.49. The fourth-order valence-electron chi connectivity index (χ4n) is 2.00. The first-order valence-corrected chi connectivity index (χ1v) is 10.3. The summed E-state index contributed by atoms with van der Waals surface area (Å²) in [6, 6.07) is 17.3. The predicted octanol–water partition coefficient (Wildman–Crippen LogP) is 3.84. The maximum Gasteiger partial charge on any atom is 0.485 e. The fraction of sp³-hybridized carbons (Fsp3) is 0.250. The van der Waals surface area contributed by atoms with Crippen molar-refractivity contribution < 1.29 is 30.5 Å². The molecule has 3 nitrogen and oxygen atoms in total. The zero-order valence-electron chi connectivity index (χ0n) is 13.3. The average molecular weight is 396 g/mol. The second kappa shape index (κ2) is 8.68. The molecule has 0 fully saturated rings. The molecule has 1 atom stereocenters. The molecule has 9 heteroatoms. The molecule has 0 aliphatic rings. The molecular formula is C16H16F4O3S2. The minimum atomic E-state index is -6.09. The number of hydrogen-bond donors (Lipinski definition) is 0. The highest BCUT2D eigenvalue weighted by Gasteiger charge is 2.36. The Labute approximate surface area is 146 Å². The van der Waals surface area contributed by atoms with Gasteiger partial charge in [-0.25, -0.2) is 12.8 Å².